The first kappa shape index (κ1) is 24.4. The quantitative estimate of drug-likeness (QED) is 0.456. The first-order chi connectivity index (χ1) is 16.9. The summed E-state index contributed by atoms with van der Waals surface area (Å²) in [5.41, 5.74) is -1.10. The number of carbonyl (C=O) groups is 1. The van der Waals surface area contributed by atoms with E-state index in [0.29, 0.717) is 24.1 Å². The topological polar surface area (TPSA) is 71.2 Å². The van der Waals surface area contributed by atoms with Crippen LogP contribution in [0.1, 0.15) is 77.8 Å². The minimum absolute atomic E-state index is 0.00114. The lowest BCUT2D eigenvalue weighted by atomic mass is 9.58. The van der Waals surface area contributed by atoms with Crippen molar-refractivity contribution in [2.24, 2.45) is 5.92 Å². The van der Waals surface area contributed by atoms with E-state index in [1.165, 1.54) is 17.9 Å². The van der Waals surface area contributed by atoms with Crippen molar-refractivity contribution in [3.63, 3.8) is 0 Å². The highest BCUT2D eigenvalue weighted by Crippen LogP contribution is 2.52. The Balaban J connectivity index is 1.57. The molecule has 1 aliphatic carbocycles. The molecule has 0 spiro atoms. The Labute approximate surface area is 203 Å². The number of alkyl halides is 5. The second-order valence-corrected chi connectivity index (χ2v) is 9.64. The number of carbonyl (C=O) groups excluding carboxylic acids is 1. The van der Waals surface area contributed by atoms with Crippen LogP contribution in [0.2, 0.25) is 0 Å². The van der Waals surface area contributed by atoms with Crippen LogP contribution in [0.3, 0.4) is 0 Å². The third kappa shape index (κ3) is 3.76. The van der Waals surface area contributed by atoms with Gasteiger partial charge < -0.3 is 10.0 Å². The first-order valence-electron chi connectivity index (χ1n) is 11.4. The Morgan fingerprint density at radius 1 is 1.17 bits per heavy atom. The van der Waals surface area contributed by atoms with Crippen molar-refractivity contribution in [1.82, 2.24) is 14.8 Å². The average molecular weight is 506 g/mol. The zero-order valence-corrected chi connectivity index (χ0v) is 19.4. The van der Waals surface area contributed by atoms with E-state index in [-0.39, 0.29) is 35.0 Å². The summed E-state index contributed by atoms with van der Waals surface area (Å²) in [6.45, 7) is 0.192. The van der Waals surface area contributed by atoms with Crippen LogP contribution in [-0.4, -0.2) is 25.8 Å². The Morgan fingerprint density at radius 2 is 1.89 bits per heavy atom. The Hall–Kier alpha value is -3.34. The monoisotopic (exact) mass is 506 g/mol. The standard InChI is InChI=1S/C25H23F5N4O2/c1-13-9-24(10-13,22-32-31-12-34(22)23(26)27)16-4-3-5-17(8-16)33-11-19-18(21(33)36)6-15(14(2)35)7-20(19)25(28,29)30/h3-8,12-14,23,35H,9-11H2,1-2H3. The number of hydrogen-bond acceptors (Lipinski definition) is 4. The van der Waals surface area contributed by atoms with E-state index in [9.17, 15) is 31.9 Å². The smallest absolute Gasteiger partial charge is 0.389 e. The predicted molar refractivity (Wildman–Crippen MR) is 119 cm³/mol. The molecule has 1 saturated carbocycles. The van der Waals surface area contributed by atoms with Gasteiger partial charge in [0.25, 0.3) is 5.91 Å². The molecule has 2 aromatic carbocycles. The van der Waals surface area contributed by atoms with Crippen molar-refractivity contribution in [3.8, 4) is 0 Å². The van der Waals surface area contributed by atoms with E-state index in [2.05, 4.69) is 10.2 Å². The van der Waals surface area contributed by atoms with Gasteiger partial charge in [-0.25, -0.2) is 0 Å². The SMILES string of the molecule is CC1CC(c2cccc(N3Cc4c(cc(C(C)O)cc4C(F)(F)F)C3=O)c2)(c2nncn2C(F)F)C1. The lowest BCUT2D eigenvalue weighted by Crippen LogP contribution is -2.43. The van der Waals surface area contributed by atoms with Gasteiger partial charge in [-0.3, -0.25) is 9.36 Å². The van der Waals surface area contributed by atoms with Gasteiger partial charge in [-0.05, 0) is 66.6 Å². The molecule has 1 aromatic heterocycles. The summed E-state index contributed by atoms with van der Waals surface area (Å²) >= 11 is 0. The molecule has 190 valence electrons. The first-order valence-corrected chi connectivity index (χ1v) is 11.4. The van der Waals surface area contributed by atoms with Crippen molar-refractivity contribution in [2.75, 3.05) is 4.90 Å². The molecule has 1 N–H and O–H groups in total. The second-order valence-electron chi connectivity index (χ2n) is 9.64. The molecule has 1 atom stereocenters. The fourth-order valence-corrected chi connectivity index (χ4v) is 5.51. The molecule has 6 nitrogen and oxygen atoms in total. The molecule has 2 heterocycles. The fraction of sp³-hybridized carbons (Fsp3) is 0.400. The molecule has 1 fully saturated rings. The van der Waals surface area contributed by atoms with Crippen LogP contribution < -0.4 is 4.90 Å². The van der Waals surface area contributed by atoms with Crippen molar-refractivity contribution in [3.05, 3.63) is 76.4 Å². The third-order valence-corrected chi connectivity index (χ3v) is 7.17. The van der Waals surface area contributed by atoms with Crippen LogP contribution in [0.25, 0.3) is 0 Å². The number of rotatable bonds is 5. The van der Waals surface area contributed by atoms with Gasteiger partial charge in [0.15, 0.2) is 0 Å². The summed E-state index contributed by atoms with van der Waals surface area (Å²) in [5.74, 6) is -0.269. The summed E-state index contributed by atoms with van der Waals surface area (Å²) in [5, 5.41) is 17.6. The predicted octanol–water partition coefficient (Wildman–Crippen LogP) is 5.62. The van der Waals surface area contributed by atoms with Gasteiger partial charge in [0.1, 0.15) is 12.2 Å². The van der Waals surface area contributed by atoms with Crippen molar-refractivity contribution in [2.45, 2.75) is 57.5 Å². The Morgan fingerprint density at radius 3 is 2.50 bits per heavy atom. The third-order valence-electron chi connectivity index (χ3n) is 7.17. The summed E-state index contributed by atoms with van der Waals surface area (Å²) in [4.78, 5) is 14.5. The molecule has 3 aromatic rings. The lowest BCUT2D eigenvalue weighted by Gasteiger charge is -2.46. The minimum Gasteiger partial charge on any atom is -0.389 e. The molecule has 11 heteroatoms. The molecule has 1 amide bonds. The van der Waals surface area contributed by atoms with Crippen LogP contribution >= 0.6 is 0 Å². The maximum Gasteiger partial charge on any atom is 0.416 e. The van der Waals surface area contributed by atoms with Gasteiger partial charge in [-0.1, -0.05) is 19.1 Å². The highest BCUT2D eigenvalue weighted by Gasteiger charge is 2.49. The van der Waals surface area contributed by atoms with E-state index in [0.717, 1.165) is 17.0 Å². The number of hydrogen-bond donors (Lipinski definition) is 1. The van der Waals surface area contributed by atoms with Crippen molar-refractivity contribution in [1.29, 1.82) is 0 Å². The number of halogens is 5. The van der Waals surface area contributed by atoms with E-state index >= 15 is 0 Å². The second kappa shape index (κ2) is 8.36. The number of aliphatic hydroxyl groups is 1. The van der Waals surface area contributed by atoms with Gasteiger partial charge in [0.2, 0.25) is 0 Å². The average Bonchev–Trinajstić information content (AvgIpc) is 3.41. The molecule has 0 radical (unpaired) electrons. The number of aliphatic hydroxyl groups excluding tert-OH is 1. The summed E-state index contributed by atoms with van der Waals surface area (Å²) in [6.07, 6.45) is -3.85. The molecule has 1 unspecified atom stereocenters. The van der Waals surface area contributed by atoms with Gasteiger partial charge in [-0.15, -0.1) is 10.2 Å². The molecule has 0 saturated heterocycles. The molecule has 5 rings (SSSR count). The van der Waals surface area contributed by atoms with E-state index in [1.807, 2.05) is 6.92 Å². The van der Waals surface area contributed by atoms with Crippen molar-refractivity contribution >= 4 is 11.6 Å². The zero-order chi connectivity index (χ0) is 26.0. The van der Waals surface area contributed by atoms with Crippen LogP contribution in [0, 0.1) is 5.92 Å². The van der Waals surface area contributed by atoms with E-state index < -0.39 is 35.7 Å². The van der Waals surface area contributed by atoms with Gasteiger partial charge >= 0.3 is 12.7 Å². The normalized spacial score (nSPS) is 22.6. The minimum atomic E-state index is -4.71. The number of fused-ring (bicyclic) bond motifs is 1. The highest BCUT2D eigenvalue weighted by molar-refractivity contribution is 6.10. The molecular formula is C25H23F5N4O2. The number of benzene rings is 2. The maximum absolute atomic E-state index is 13.8. The van der Waals surface area contributed by atoms with Crippen LogP contribution in [0.5, 0.6) is 0 Å². The molecule has 0 bridgehead atoms. The molecular weight excluding hydrogens is 483 g/mol. The summed E-state index contributed by atoms with van der Waals surface area (Å²) < 4.78 is 69.5. The zero-order valence-electron chi connectivity index (χ0n) is 19.4. The molecule has 2 aliphatic rings. The summed E-state index contributed by atoms with van der Waals surface area (Å²) in [7, 11) is 0. The fourth-order valence-electron chi connectivity index (χ4n) is 5.51. The highest BCUT2D eigenvalue weighted by atomic mass is 19.4. The summed E-state index contributed by atoms with van der Waals surface area (Å²) in [6, 6.07) is 8.83. The Kier molecular flexibility index (Phi) is 5.66. The van der Waals surface area contributed by atoms with Crippen LogP contribution in [0.15, 0.2) is 42.7 Å². The van der Waals surface area contributed by atoms with E-state index in [1.54, 1.807) is 24.3 Å². The largest absolute Gasteiger partial charge is 0.416 e. The van der Waals surface area contributed by atoms with Crippen molar-refractivity contribution < 1.29 is 31.9 Å². The van der Waals surface area contributed by atoms with Gasteiger partial charge in [0, 0.05) is 11.3 Å². The number of aromatic nitrogens is 3. The Bertz CT molecular complexity index is 1330. The van der Waals surface area contributed by atoms with Crippen LogP contribution in [-0.2, 0) is 18.1 Å². The molecule has 1 aliphatic heterocycles. The maximum atomic E-state index is 13.8. The number of anilines is 1. The number of amides is 1. The van der Waals surface area contributed by atoms with Gasteiger partial charge in [0.05, 0.1) is 23.6 Å². The lowest BCUT2D eigenvalue weighted by molar-refractivity contribution is -0.138. The molecule has 36 heavy (non-hydrogen) atoms. The number of nitrogens with zero attached hydrogens (tertiary/aromatic N) is 4. The van der Waals surface area contributed by atoms with Crippen LogP contribution in [0.4, 0.5) is 27.6 Å². The van der Waals surface area contributed by atoms with E-state index in [4.69, 9.17) is 0 Å². The van der Waals surface area contributed by atoms with Gasteiger partial charge in [-0.2, -0.15) is 22.0 Å².